The molecule has 0 saturated carbocycles. The highest BCUT2D eigenvalue weighted by Crippen LogP contribution is 2.01. The molecule has 0 aromatic carbocycles. The SMILES string of the molecule is CCN(CC(=O)OC)C(=O)NCC(C)(O)C(=O)O. The van der Waals surface area contributed by atoms with Crippen molar-refractivity contribution in [1.29, 1.82) is 0 Å². The van der Waals surface area contributed by atoms with Gasteiger partial charge in [0.1, 0.15) is 6.54 Å². The van der Waals surface area contributed by atoms with E-state index in [9.17, 15) is 19.5 Å². The number of amides is 2. The van der Waals surface area contributed by atoms with Crippen LogP contribution in [0.4, 0.5) is 4.79 Å². The van der Waals surface area contributed by atoms with Crippen molar-refractivity contribution >= 4 is 18.0 Å². The van der Waals surface area contributed by atoms with Gasteiger partial charge < -0.3 is 25.2 Å². The Morgan fingerprint density at radius 3 is 2.33 bits per heavy atom. The number of aliphatic hydroxyl groups is 1. The largest absolute Gasteiger partial charge is 0.479 e. The van der Waals surface area contributed by atoms with Gasteiger partial charge in [-0.15, -0.1) is 0 Å². The number of hydrogen-bond acceptors (Lipinski definition) is 5. The van der Waals surface area contributed by atoms with Crippen molar-refractivity contribution in [3.05, 3.63) is 0 Å². The number of likely N-dealkylation sites (N-methyl/N-ethyl adjacent to an activating group) is 1. The second-order valence-corrected chi connectivity index (χ2v) is 3.83. The molecule has 0 aliphatic carbocycles. The van der Waals surface area contributed by atoms with Gasteiger partial charge in [-0.3, -0.25) is 4.79 Å². The Labute approximate surface area is 105 Å². The number of urea groups is 1. The number of nitrogens with zero attached hydrogens (tertiary/aromatic N) is 1. The zero-order chi connectivity index (χ0) is 14.3. The predicted octanol–water partition coefficient (Wildman–Crippen LogP) is -0.973. The average molecular weight is 262 g/mol. The number of carboxylic acids is 1. The normalized spacial score (nSPS) is 13.3. The van der Waals surface area contributed by atoms with Gasteiger partial charge in [-0.05, 0) is 13.8 Å². The number of methoxy groups -OCH3 is 1. The lowest BCUT2D eigenvalue weighted by atomic mass is 10.1. The molecular formula is C10H18N2O6. The zero-order valence-corrected chi connectivity index (χ0v) is 10.6. The summed E-state index contributed by atoms with van der Waals surface area (Å²) in [5.74, 6) is -2.03. The van der Waals surface area contributed by atoms with Gasteiger partial charge in [0.05, 0.1) is 13.7 Å². The van der Waals surface area contributed by atoms with Gasteiger partial charge in [0.15, 0.2) is 5.60 Å². The van der Waals surface area contributed by atoms with Crippen molar-refractivity contribution < 1.29 is 29.3 Å². The maximum atomic E-state index is 11.6. The van der Waals surface area contributed by atoms with Crippen molar-refractivity contribution in [3.63, 3.8) is 0 Å². The monoisotopic (exact) mass is 262 g/mol. The lowest BCUT2D eigenvalue weighted by molar-refractivity contribution is -0.155. The molecule has 0 fully saturated rings. The van der Waals surface area contributed by atoms with Crippen LogP contribution in [0.3, 0.4) is 0 Å². The Hall–Kier alpha value is -1.83. The molecule has 18 heavy (non-hydrogen) atoms. The Balaban J connectivity index is 4.37. The lowest BCUT2D eigenvalue weighted by Crippen LogP contribution is -2.51. The van der Waals surface area contributed by atoms with Crippen LogP contribution in [0.1, 0.15) is 13.8 Å². The number of aliphatic carboxylic acids is 1. The van der Waals surface area contributed by atoms with Crippen molar-refractivity contribution in [2.75, 3.05) is 26.7 Å². The Morgan fingerprint density at radius 1 is 1.39 bits per heavy atom. The van der Waals surface area contributed by atoms with E-state index >= 15 is 0 Å². The molecule has 1 unspecified atom stereocenters. The molecule has 0 spiro atoms. The molecule has 104 valence electrons. The molecule has 0 aromatic heterocycles. The van der Waals surface area contributed by atoms with Crippen molar-refractivity contribution in [2.24, 2.45) is 0 Å². The minimum atomic E-state index is -2.06. The third kappa shape index (κ3) is 5.00. The van der Waals surface area contributed by atoms with E-state index in [4.69, 9.17) is 5.11 Å². The van der Waals surface area contributed by atoms with Crippen LogP contribution in [0.25, 0.3) is 0 Å². The zero-order valence-electron chi connectivity index (χ0n) is 10.6. The third-order valence-electron chi connectivity index (χ3n) is 2.26. The number of carbonyl (C=O) groups is 3. The number of hydrogen-bond donors (Lipinski definition) is 3. The van der Waals surface area contributed by atoms with Crippen molar-refractivity contribution in [2.45, 2.75) is 19.4 Å². The van der Waals surface area contributed by atoms with Crippen molar-refractivity contribution in [3.8, 4) is 0 Å². The molecule has 0 radical (unpaired) electrons. The number of carbonyl (C=O) groups excluding carboxylic acids is 2. The smallest absolute Gasteiger partial charge is 0.337 e. The van der Waals surface area contributed by atoms with E-state index in [2.05, 4.69) is 10.1 Å². The summed E-state index contributed by atoms with van der Waals surface area (Å²) in [6.07, 6.45) is 0. The fourth-order valence-corrected chi connectivity index (χ4v) is 0.983. The molecule has 8 heteroatoms. The summed E-state index contributed by atoms with van der Waals surface area (Å²) < 4.78 is 4.41. The van der Waals surface area contributed by atoms with Crippen LogP contribution in [0.5, 0.6) is 0 Å². The topological polar surface area (TPSA) is 116 Å². The van der Waals surface area contributed by atoms with Gasteiger partial charge in [-0.2, -0.15) is 0 Å². The van der Waals surface area contributed by atoms with Crippen LogP contribution in [0.15, 0.2) is 0 Å². The Morgan fingerprint density at radius 2 is 1.94 bits per heavy atom. The number of ether oxygens (including phenoxy) is 1. The molecule has 8 nitrogen and oxygen atoms in total. The third-order valence-corrected chi connectivity index (χ3v) is 2.26. The van der Waals surface area contributed by atoms with Crippen LogP contribution < -0.4 is 5.32 Å². The first-order valence-corrected chi connectivity index (χ1v) is 5.30. The van der Waals surface area contributed by atoms with Crippen LogP contribution in [0.2, 0.25) is 0 Å². The van der Waals surface area contributed by atoms with Crippen molar-refractivity contribution in [1.82, 2.24) is 10.2 Å². The van der Waals surface area contributed by atoms with Gasteiger partial charge in [0.2, 0.25) is 0 Å². The van der Waals surface area contributed by atoms with Crippen LogP contribution in [-0.4, -0.2) is 65.4 Å². The minimum Gasteiger partial charge on any atom is -0.479 e. The lowest BCUT2D eigenvalue weighted by Gasteiger charge is -2.23. The molecule has 0 saturated heterocycles. The van der Waals surface area contributed by atoms with Gasteiger partial charge in [-0.1, -0.05) is 0 Å². The highest BCUT2D eigenvalue weighted by molar-refractivity contribution is 5.82. The summed E-state index contributed by atoms with van der Waals surface area (Å²) in [5.41, 5.74) is -2.06. The Bertz CT molecular complexity index is 328. The molecule has 0 rings (SSSR count). The van der Waals surface area contributed by atoms with Gasteiger partial charge in [0.25, 0.3) is 0 Å². The molecule has 2 amide bonds. The maximum Gasteiger partial charge on any atom is 0.337 e. The highest BCUT2D eigenvalue weighted by atomic mass is 16.5. The summed E-state index contributed by atoms with van der Waals surface area (Å²) in [7, 11) is 1.20. The van der Waals surface area contributed by atoms with E-state index in [-0.39, 0.29) is 13.1 Å². The molecule has 0 heterocycles. The highest BCUT2D eigenvalue weighted by Gasteiger charge is 2.31. The molecule has 1 atom stereocenters. The minimum absolute atomic E-state index is 0.242. The van der Waals surface area contributed by atoms with Crippen LogP contribution in [0, 0.1) is 0 Å². The first-order chi connectivity index (χ1) is 8.24. The molecule has 3 N–H and O–H groups in total. The second-order valence-electron chi connectivity index (χ2n) is 3.83. The molecule has 0 aliphatic rings. The quantitative estimate of drug-likeness (QED) is 0.530. The number of nitrogens with one attached hydrogen (secondary N) is 1. The second kappa shape index (κ2) is 6.80. The number of rotatable bonds is 6. The van der Waals surface area contributed by atoms with E-state index < -0.39 is 30.1 Å². The first-order valence-electron chi connectivity index (χ1n) is 5.30. The van der Waals surface area contributed by atoms with Crippen LogP contribution >= 0.6 is 0 Å². The van der Waals surface area contributed by atoms with E-state index in [1.807, 2.05) is 0 Å². The number of esters is 1. The fraction of sp³-hybridized carbons (Fsp3) is 0.700. The molecule has 0 bridgehead atoms. The summed E-state index contributed by atoms with van der Waals surface area (Å²) in [6.45, 7) is 2.26. The summed E-state index contributed by atoms with van der Waals surface area (Å²) in [6, 6.07) is -0.649. The molecular weight excluding hydrogens is 244 g/mol. The standard InChI is InChI=1S/C10H18N2O6/c1-4-12(5-7(13)18-3)9(16)11-6-10(2,17)8(14)15/h17H,4-6H2,1-3H3,(H,11,16)(H,14,15). The average Bonchev–Trinajstić information content (AvgIpc) is 2.32. The molecule has 0 aliphatic heterocycles. The summed E-state index contributed by atoms with van der Waals surface area (Å²) in [5, 5.41) is 20.3. The number of carboxylic acid groups (broad SMARTS) is 1. The van der Waals surface area contributed by atoms with E-state index in [1.165, 1.54) is 7.11 Å². The van der Waals surface area contributed by atoms with Gasteiger partial charge in [0, 0.05) is 6.54 Å². The van der Waals surface area contributed by atoms with E-state index in [1.54, 1.807) is 6.92 Å². The predicted molar refractivity (Wildman–Crippen MR) is 60.9 cm³/mol. The summed E-state index contributed by atoms with van der Waals surface area (Å²) >= 11 is 0. The van der Waals surface area contributed by atoms with E-state index in [0.29, 0.717) is 0 Å². The van der Waals surface area contributed by atoms with E-state index in [0.717, 1.165) is 11.8 Å². The Kier molecular flexibility index (Phi) is 6.11. The fourth-order valence-electron chi connectivity index (χ4n) is 0.983. The van der Waals surface area contributed by atoms with Crippen LogP contribution in [-0.2, 0) is 14.3 Å². The summed E-state index contributed by atoms with van der Waals surface area (Å²) in [4.78, 5) is 34.3. The van der Waals surface area contributed by atoms with Gasteiger partial charge in [-0.25, -0.2) is 9.59 Å². The first kappa shape index (κ1) is 16.2. The maximum absolute atomic E-state index is 11.6. The molecule has 0 aromatic rings. The van der Waals surface area contributed by atoms with Gasteiger partial charge >= 0.3 is 18.0 Å².